The van der Waals surface area contributed by atoms with E-state index >= 15 is 0 Å². The predicted octanol–water partition coefficient (Wildman–Crippen LogP) is 2.57. The van der Waals surface area contributed by atoms with Crippen molar-refractivity contribution in [1.82, 2.24) is 10.2 Å². The minimum Gasteiger partial charge on any atom is -0.316 e. The first kappa shape index (κ1) is 12.5. The molecule has 1 heterocycles. The lowest BCUT2D eigenvalue weighted by Crippen LogP contribution is -2.34. The average molecular weight is 236 g/mol. The van der Waals surface area contributed by atoms with Gasteiger partial charge in [-0.2, -0.15) is 0 Å². The fourth-order valence-electron chi connectivity index (χ4n) is 2.68. The summed E-state index contributed by atoms with van der Waals surface area (Å²) in [6.07, 6.45) is 1.05. The summed E-state index contributed by atoms with van der Waals surface area (Å²) in [5.74, 6) is -0.140. The highest BCUT2D eigenvalue weighted by Gasteiger charge is 2.33. The summed E-state index contributed by atoms with van der Waals surface area (Å²) in [6, 6.07) is 8.33. The number of likely N-dealkylation sites (N-methyl/N-ethyl adjacent to an activating group) is 1. The smallest absolute Gasteiger partial charge is 0.123 e. The van der Waals surface area contributed by atoms with Gasteiger partial charge in [0.05, 0.1) is 0 Å². The van der Waals surface area contributed by atoms with Crippen LogP contribution in [0.2, 0.25) is 0 Å². The summed E-state index contributed by atoms with van der Waals surface area (Å²) in [5.41, 5.74) is 1.09. The lowest BCUT2D eigenvalue weighted by molar-refractivity contribution is 0.203. The van der Waals surface area contributed by atoms with Crippen molar-refractivity contribution in [2.75, 3.05) is 13.6 Å². The SMILES string of the molecule is CNC1CC(c2cccc(F)c2)N(C(C)C)C1. The largest absolute Gasteiger partial charge is 0.316 e. The Balaban J connectivity index is 2.23. The topological polar surface area (TPSA) is 15.3 Å². The quantitative estimate of drug-likeness (QED) is 0.867. The third-order valence-electron chi connectivity index (χ3n) is 3.64. The van der Waals surface area contributed by atoms with Gasteiger partial charge < -0.3 is 5.32 Å². The van der Waals surface area contributed by atoms with Crippen LogP contribution < -0.4 is 5.32 Å². The maximum atomic E-state index is 13.3. The van der Waals surface area contributed by atoms with Crippen molar-refractivity contribution in [2.45, 2.75) is 38.4 Å². The van der Waals surface area contributed by atoms with Gasteiger partial charge in [-0.3, -0.25) is 4.90 Å². The first-order valence-corrected chi connectivity index (χ1v) is 6.30. The molecule has 1 aliphatic rings. The maximum absolute atomic E-state index is 13.3. The molecule has 1 aromatic rings. The monoisotopic (exact) mass is 236 g/mol. The molecule has 94 valence electrons. The Morgan fingerprint density at radius 1 is 1.41 bits per heavy atom. The van der Waals surface area contributed by atoms with Gasteiger partial charge in [0.15, 0.2) is 0 Å². The summed E-state index contributed by atoms with van der Waals surface area (Å²) < 4.78 is 13.3. The Morgan fingerprint density at radius 2 is 2.18 bits per heavy atom. The van der Waals surface area contributed by atoms with Crippen LogP contribution >= 0.6 is 0 Å². The molecule has 1 N–H and O–H groups in total. The number of nitrogens with zero attached hydrogens (tertiary/aromatic N) is 1. The van der Waals surface area contributed by atoms with Crippen LogP contribution in [0.1, 0.15) is 31.9 Å². The molecule has 2 rings (SSSR count). The molecule has 2 nitrogen and oxygen atoms in total. The van der Waals surface area contributed by atoms with Crippen LogP contribution in [0.15, 0.2) is 24.3 Å². The highest BCUT2D eigenvalue weighted by Crippen LogP contribution is 2.33. The maximum Gasteiger partial charge on any atom is 0.123 e. The van der Waals surface area contributed by atoms with Crippen molar-refractivity contribution in [2.24, 2.45) is 0 Å². The Morgan fingerprint density at radius 3 is 2.76 bits per heavy atom. The van der Waals surface area contributed by atoms with Gasteiger partial charge in [-0.15, -0.1) is 0 Å². The first-order valence-electron chi connectivity index (χ1n) is 6.30. The second-order valence-corrected chi connectivity index (χ2v) is 5.08. The number of hydrogen-bond donors (Lipinski definition) is 1. The van der Waals surface area contributed by atoms with E-state index in [-0.39, 0.29) is 5.82 Å². The molecular formula is C14H21FN2. The molecule has 17 heavy (non-hydrogen) atoms. The van der Waals surface area contributed by atoms with E-state index < -0.39 is 0 Å². The van der Waals surface area contributed by atoms with E-state index in [1.54, 1.807) is 12.1 Å². The van der Waals surface area contributed by atoms with Crippen molar-refractivity contribution in [3.05, 3.63) is 35.6 Å². The van der Waals surface area contributed by atoms with Gasteiger partial charge in [-0.25, -0.2) is 4.39 Å². The number of halogens is 1. The second-order valence-electron chi connectivity index (χ2n) is 5.08. The average Bonchev–Trinajstić information content (AvgIpc) is 2.73. The van der Waals surface area contributed by atoms with Gasteiger partial charge in [0.25, 0.3) is 0 Å². The normalized spacial score (nSPS) is 25.7. The summed E-state index contributed by atoms with van der Waals surface area (Å²) in [4.78, 5) is 2.44. The number of likely N-dealkylation sites (tertiary alicyclic amines) is 1. The molecule has 0 amide bonds. The number of hydrogen-bond acceptors (Lipinski definition) is 2. The fourth-order valence-corrected chi connectivity index (χ4v) is 2.68. The molecule has 0 spiro atoms. The molecule has 0 radical (unpaired) electrons. The highest BCUT2D eigenvalue weighted by atomic mass is 19.1. The molecule has 0 aliphatic carbocycles. The summed E-state index contributed by atoms with van der Waals surface area (Å²) in [6.45, 7) is 5.43. The zero-order valence-corrected chi connectivity index (χ0v) is 10.8. The van der Waals surface area contributed by atoms with Crippen LogP contribution in [0.25, 0.3) is 0 Å². The Labute approximate surface area is 103 Å². The number of rotatable bonds is 3. The minimum absolute atomic E-state index is 0.140. The zero-order chi connectivity index (χ0) is 12.4. The first-order chi connectivity index (χ1) is 8.11. The molecule has 1 aliphatic heterocycles. The standard InChI is InChI=1S/C14H21FN2/c1-10(2)17-9-13(16-3)8-14(17)11-5-4-6-12(15)7-11/h4-7,10,13-14,16H,8-9H2,1-3H3. The highest BCUT2D eigenvalue weighted by molar-refractivity contribution is 5.22. The molecule has 1 aromatic carbocycles. The van der Waals surface area contributed by atoms with Gasteiger partial charge >= 0.3 is 0 Å². The van der Waals surface area contributed by atoms with Crippen LogP contribution in [-0.2, 0) is 0 Å². The van der Waals surface area contributed by atoms with Gasteiger partial charge in [-0.1, -0.05) is 12.1 Å². The van der Waals surface area contributed by atoms with E-state index in [1.807, 2.05) is 13.1 Å². The van der Waals surface area contributed by atoms with E-state index in [9.17, 15) is 4.39 Å². The van der Waals surface area contributed by atoms with Gasteiger partial charge in [0.2, 0.25) is 0 Å². The van der Waals surface area contributed by atoms with Gasteiger partial charge in [-0.05, 0) is 45.0 Å². The predicted molar refractivity (Wildman–Crippen MR) is 68.4 cm³/mol. The third kappa shape index (κ3) is 2.67. The van der Waals surface area contributed by atoms with Crippen molar-refractivity contribution in [3.63, 3.8) is 0 Å². The molecule has 1 saturated heterocycles. The molecule has 0 saturated carbocycles. The van der Waals surface area contributed by atoms with Crippen molar-refractivity contribution in [3.8, 4) is 0 Å². The van der Waals surface area contributed by atoms with Crippen molar-refractivity contribution >= 4 is 0 Å². The zero-order valence-electron chi connectivity index (χ0n) is 10.8. The van der Waals surface area contributed by atoms with Gasteiger partial charge in [0, 0.05) is 24.7 Å². The fraction of sp³-hybridized carbons (Fsp3) is 0.571. The van der Waals surface area contributed by atoms with Crippen LogP contribution in [-0.4, -0.2) is 30.6 Å². The van der Waals surface area contributed by atoms with Gasteiger partial charge in [0.1, 0.15) is 5.82 Å². The van der Waals surface area contributed by atoms with E-state index in [1.165, 1.54) is 6.07 Å². The third-order valence-corrected chi connectivity index (χ3v) is 3.64. The number of benzene rings is 1. The molecule has 3 heteroatoms. The van der Waals surface area contributed by atoms with Crippen LogP contribution in [0.4, 0.5) is 4.39 Å². The summed E-state index contributed by atoms with van der Waals surface area (Å²) in [5, 5.41) is 3.33. The molecule has 2 atom stereocenters. The number of nitrogens with one attached hydrogen (secondary N) is 1. The molecular weight excluding hydrogens is 215 g/mol. The van der Waals surface area contributed by atoms with Crippen LogP contribution in [0.3, 0.4) is 0 Å². The summed E-state index contributed by atoms with van der Waals surface area (Å²) >= 11 is 0. The Bertz CT molecular complexity index is 378. The molecule has 2 unspecified atom stereocenters. The van der Waals surface area contributed by atoms with Crippen molar-refractivity contribution in [1.29, 1.82) is 0 Å². The lowest BCUT2D eigenvalue weighted by atomic mass is 10.0. The minimum atomic E-state index is -0.140. The van der Waals surface area contributed by atoms with Crippen LogP contribution in [0, 0.1) is 5.82 Å². The second kappa shape index (κ2) is 5.15. The van der Waals surface area contributed by atoms with E-state index in [0.717, 1.165) is 18.5 Å². The molecule has 0 aromatic heterocycles. The Kier molecular flexibility index (Phi) is 3.79. The van der Waals surface area contributed by atoms with Crippen molar-refractivity contribution < 1.29 is 4.39 Å². The van der Waals surface area contributed by atoms with E-state index in [4.69, 9.17) is 0 Å². The van der Waals surface area contributed by atoms with Crippen LogP contribution in [0.5, 0.6) is 0 Å². The van der Waals surface area contributed by atoms with E-state index in [0.29, 0.717) is 18.1 Å². The molecule has 0 bridgehead atoms. The summed E-state index contributed by atoms with van der Waals surface area (Å²) in [7, 11) is 2.00. The van der Waals surface area contributed by atoms with E-state index in [2.05, 4.69) is 24.1 Å². The lowest BCUT2D eigenvalue weighted by Gasteiger charge is -2.28. The molecule has 1 fully saturated rings. The Hall–Kier alpha value is -0.930.